The van der Waals surface area contributed by atoms with E-state index in [2.05, 4.69) is 0 Å². The lowest BCUT2D eigenvalue weighted by Gasteiger charge is -2.12. The standard InChI is InChI=1S/C7H10O3.C2H6O2/c8-7(9)4-1-2-5-6(3-4)10-5;3-1-2-4/h4-6H,1-3H2,(H,8,9);3-4H,1-2H2. The maximum absolute atomic E-state index is 10.5. The van der Waals surface area contributed by atoms with Crippen molar-refractivity contribution in [2.75, 3.05) is 13.2 Å². The third-order valence-electron chi connectivity index (χ3n) is 2.45. The van der Waals surface area contributed by atoms with E-state index in [9.17, 15) is 4.79 Å². The molecule has 1 aliphatic carbocycles. The first kappa shape index (κ1) is 11.4. The number of epoxide rings is 1. The second-order valence-corrected chi connectivity index (χ2v) is 3.51. The highest BCUT2D eigenvalue weighted by molar-refractivity contribution is 5.70. The predicted octanol–water partition coefficient (Wildman–Crippen LogP) is -0.391. The number of fused-ring (bicyclic) bond motifs is 1. The van der Waals surface area contributed by atoms with Gasteiger partial charge in [0.25, 0.3) is 0 Å². The van der Waals surface area contributed by atoms with Gasteiger partial charge in [-0.15, -0.1) is 0 Å². The van der Waals surface area contributed by atoms with Crippen LogP contribution in [0.5, 0.6) is 0 Å². The maximum atomic E-state index is 10.5. The van der Waals surface area contributed by atoms with E-state index in [-0.39, 0.29) is 25.2 Å². The molecule has 3 N–H and O–H groups in total. The van der Waals surface area contributed by atoms with Crippen LogP contribution in [0, 0.1) is 5.92 Å². The number of carboxylic acid groups (broad SMARTS) is 1. The Bertz CT molecular complexity index is 192. The molecule has 82 valence electrons. The lowest BCUT2D eigenvalue weighted by Crippen LogP contribution is -2.21. The first-order chi connectivity index (χ1) is 6.69. The Hall–Kier alpha value is -0.650. The minimum absolute atomic E-state index is 0.125. The van der Waals surface area contributed by atoms with Gasteiger partial charge in [-0.2, -0.15) is 0 Å². The summed E-state index contributed by atoms with van der Waals surface area (Å²) in [4.78, 5) is 10.5. The third-order valence-corrected chi connectivity index (χ3v) is 2.45. The summed E-state index contributed by atoms with van der Waals surface area (Å²) in [6, 6.07) is 0. The van der Waals surface area contributed by atoms with Crippen LogP contribution in [-0.4, -0.2) is 46.7 Å². The molecule has 0 spiro atoms. The molecule has 1 saturated heterocycles. The van der Waals surface area contributed by atoms with Crippen LogP contribution in [-0.2, 0) is 9.53 Å². The first-order valence-corrected chi connectivity index (χ1v) is 4.79. The SMILES string of the molecule is O=C(O)C1CCC2OC2C1.OCCO. The zero-order chi connectivity index (χ0) is 10.6. The Morgan fingerprint density at radius 1 is 1.21 bits per heavy atom. The van der Waals surface area contributed by atoms with Crippen LogP contribution in [0.3, 0.4) is 0 Å². The lowest BCUT2D eigenvalue weighted by atomic mass is 9.90. The molecule has 3 atom stereocenters. The molecule has 2 aliphatic rings. The fraction of sp³-hybridized carbons (Fsp3) is 0.889. The van der Waals surface area contributed by atoms with E-state index in [1.807, 2.05) is 0 Å². The average Bonchev–Trinajstić information content (AvgIpc) is 2.95. The molecular formula is C9H16O5. The number of hydrogen-bond donors (Lipinski definition) is 3. The molecule has 1 aliphatic heterocycles. The van der Waals surface area contributed by atoms with Gasteiger partial charge in [0, 0.05) is 0 Å². The topological polar surface area (TPSA) is 90.3 Å². The third kappa shape index (κ3) is 3.25. The van der Waals surface area contributed by atoms with E-state index in [1.54, 1.807) is 0 Å². The van der Waals surface area contributed by atoms with Crippen molar-refractivity contribution >= 4 is 5.97 Å². The molecule has 2 fully saturated rings. The smallest absolute Gasteiger partial charge is 0.306 e. The van der Waals surface area contributed by atoms with E-state index < -0.39 is 5.97 Å². The maximum Gasteiger partial charge on any atom is 0.306 e. The zero-order valence-corrected chi connectivity index (χ0v) is 7.93. The van der Waals surface area contributed by atoms with E-state index in [0.29, 0.717) is 6.10 Å². The summed E-state index contributed by atoms with van der Waals surface area (Å²) in [5.74, 6) is -0.794. The highest BCUT2D eigenvalue weighted by Gasteiger charge is 2.45. The Balaban J connectivity index is 0.000000213. The van der Waals surface area contributed by atoms with E-state index in [4.69, 9.17) is 20.1 Å². The van der Waals surface area contributed by atoms with E-state index in [1.165, 1.54) is 0 Å². The Morgan fingerprint density at radius 2 is 1.86 bits per heavy atom. The highest BCUT2D eigenvalue weighted by atomic mass is 16.6. The average molecular weight is 204 g/mol. The number of hydrogen-bond acceptors (Lipinski definition) is 4. The Kier molecular flexibility index (Phi) is 4.31. The molecule has 2 rings (SSSR count). The van der Waals surface area contributed by atoms with Crippen molar-refractivity contribution in [3.63, 3.8) is 0 Å². The predicted molar refractivity (Wildman–Crippen MR) is 47.8 cm³/mol. The van der Waals surface area contributed by atoms with Crippen molar-refractivity contribution in [3.8, 4) is 0 Å². The summed E-state index contributed by atoms with van der Waals surface area (Å²) < 4.78 is 5.19. The summed E-state index contributed by atoms with van der Waals surface area (Å²) >= 11 is 0. The number of carbonyl (C=O) groups is 1. The molecule has 3 unspecified atom stereocenters. The normalized spacial score (nSPS) is 33.7. The Labute approximate surface area is 82.3 Å². The van der Waals surface area contributed by atoms with Gasteiger partial charge in [0.05, 0.1) is 31.3 Å². The van der Waals surface area contributed by atoms with Crippen molar-refractivity contribution in [1.82, 2.24) is 0 Å². The van der Waals surface area contributed by atoms with Crippen LogP contribution >= 0.6 is 0 Å². The number of aliphatic hydroxyl groups is 2. The molecule has 0 amide bonds. The van der Waals surface area contributed by atoms with Crippen molar-refractivity contribution in [2.45, 2.75) is 31.5 Å². The van der Waals surface area contributed by atoms with Crippen molar-refractivity contribution < 1.29 is 24.9 Å². The second kappa shape index (κ2) is 5.29. The van der Waals surface area contributed by atoms with Gasteiger partial charge in [-0.05, 0) is 19.3 Å². The summed E-state index contributed by atoms with van der Waals surface area (Å²) in [7, 11) is 0. The quantitative estimate of drug-likeness (QED) is 0.533. The van der Waals surface area contributed by atoms with Crippen LogP contribution < -0.4 is 0 Å². The number of carboxylic acids is 1. The van der Waals surface area contributed by atoms with Gasteiger partial charge >= 0.3 is 5.97 Å². The highest BCUT2D eigenvalue weighted by Crippen LogP contribution is 2.39. The molecule has 5 nitrogen and oxygen atoms in total. The first-order valence-electron chi connectivity index (χ1n) is 4.79. The minimum atomic E-state index is -0.658. The molecule has 0 radical (unpaired) electrons. The molecule has 0 aromatic carbocycles. The summed E-state index contributed by atoms with van der Waals surface area (Å²) in [6.07, 6.45) is 3.18. The van der Waals surface area contributed by atoms with Crippen LogP contribution in [0.15, 0.2) is 0 Å². The van der Waals surface area contributed by atoms with Crippen LogP contribution in [0.1, 0.15) is 19.3 Å². The van der Waals surface area contributed by atoms with Gasteiger partial charge in [-0.25, -0.2) is 0 Å². The Morgan fingerprint density at radius 3 is 2.29 bits per heavy atom. The van der Waals surface area contributed by atoms with Crippen molar-refractivity contribution in [2.24, 2.45) is 5.92 Å². The number of aliphatic carboxylic acids is 1. The van der Waals surface area contributed by atoms with Crippen LogP contribution in [0.25, 0.3) is 0 Å². The summed E-state index contributed by atoms with van der Waals surface area (Å²) in [5.41, 5.74) is 0. The molecular weight excluding hydrogens is 188 g/mol. The number of ether oxygens (including phenoxy) is 1. The van der Waals surface area contributed by atoms with Crippen molar-refractivity contribution in [3.05, 3.63) is 0 Å². The van der Waals surface area contributed by atoms with Gasteiger partial charge in [0.1, 0.15) is 0 Å². The lowest BCUT2D eigenvalue weighted by molar-refractivity contribution is -0.142. The molecule has 1 saturated carbocycles. The van der Waals surface area contributed by atoms with E-state index >= 15 is 0 Å². The fourth-order valence-corrected chi connectivity index (χ4v) is 1.63. The van der Waals surface area contributed by atoms with Gasteiger partial charge in [0.2, 0.25) is 0 Å². The zero-order valence-electron chi connectivity index (χ0n) is 7.93. The molecule has 0 aromatic heterocycles. The fourth-order valence-electron chi connectivity index (χ4n) is 1.63. The van der Waals surface area contributed by atoms with Gasteiger partial charge < -0.3 is 20.1 Å². The number of aliphatic hydroxyl groups excluding tert-OH is 2. The summed E-state index contributed by atoms with van der Waals surface area (Å²) in [6.45, 7) is -0.250. The summed E-state index contributed by atoms with van der Waals surface area (Å²) in [5, 5.41) is 23.9. The monoisotopic (exact) mass is 204 g/mol. The minimum Gasteiger partial charge on any atom is -0.481 e. The van der Waals surface area contributed by atoms with Crippen molar-refractivity contribution in [1.29, 1.82) is 0 Å². The number of rotatable bonds is 2. The van der Waals surface area contributed by atoms with E-state index in [0.717, 1.165) is 19.3 Å². The second-order valence-electron chi connectivity index (χ2n) is 3.51. The molecule has 0 aromatic rings. The van der Waals surface area contributed by atoms with Gasteiger partial charge in [-0.3, -0.25) is 4.79 Å². The molecule has 1 heterocycles. The molecule has 5 heteroatoms. The van der Waals surface area contributed by atoms with Gasteiger partial charge in [0.15, 0.2) is 0 Å². The molecule has 14 heavy (non-hydrogen) atoms. The van der Waals surface area contributed by atoms with Gasteiger partial charge in [-0.1, -0.05) is 0 Å². The van der Waals surface area contributed by atoms with Crippen LogP contribution in [0.4, 0.5) is 0 Å². The van der Waals surface area contributed by atoms with Crippen LogP contribution in [0.2, 0.25) is 0 Å². The largest absolute Gasteiger partial charge is 0.481 e. The molecule has 0 bridgehead atoms.